The Morgan fingerprint density at radius 1 is 0.875 bits per heavy atom. The first-order valence-corrected chi connectivity index (χ1v) is 13.2. The standard InChI is InChI=1S/C32H34F3NO4/c1-4-5-6-7-8-27(22-9-11-24(12-10-22)31(38)36-20-19-30(37)40-3)25-15-18-29(39-2)28(21-25)23-13-16-26(17-14-23)32(33,34)35/h8-18,21H,4-7,19-20H2,1-3H3,(H,36,38)/b27-8-. The number of alkyl halides is 3. The van der Waals surface area contributed by atoms with Crippen molar-refractivity contribution in [1.82, 2.24) is 5.32 Å². The van der Waals surface area contributed by atoms with Crippen LogP contribution in [0.25, 0.3) is 16.7 Å². The van der Waals surface area contributed by atoms with E-state index in [9.17, 15) is 22.8 Å². The molecule has 0 spiro atoms. The number of hydrogen-bond donors (Lipinski definition) is 1. The Hall–Kier alpha value is -4.07. The largest absolute Gasteiger partial charge is 0.496 e. The fraction of sp³-hybridized carbons (Fsp3) is 0.312. The van der Waals surface area contributed by atoms with Gasteiger partial charge in [0.1, 0.15) is 5.75 Å². The summed E-state index contributed by atoms with van der Waals surface area (Å²) in [6.07, 6.45) is 1.87. The lowest BCUT2D eigenvalue weighted by Crippen LogP contribution is -2.26. The van der Waals surface area contributed by atoms with Crippen molar-refractivity contribution in [2.24, 2.45) is 0 Å². The number of carbonyl (C=O) groups excluding carboxylic acids is 2. The second-order valence-corrected chi connectivity index (χ2v) is 9.26. The molecule has 0 saturated heterocycles. The molecule has 212 valence electrons. The van der Waals surface area contributed by atoms with Crippen LogP contribution in [0.1, 0.15) is 66.1 Å². The van der Waals surface area contributed by atoms with E-state index in [2.05, 4.69) is 23.1 Å². The Morgan fingerprint density at radius 3 is 2.12 bits per heavy atom. The van der Waals surface area contributed by atoms with Crippen LogP contribution in [0.15, 0.2) is 72.8 Å². The van der Waals surface area contributed by atoms with Crippen molar-refractivity contribution in [3.63, 3.8) is 0 Å². The summed E-state index contributed by atoms with van der Waals surface area (Å²) in [5.74, 6) is -0.144. The maximum Gasteiger partial charge on any atom is 0.416 e. The van der Waals surface area contributed by atoms with E-state index in [1.165, 1.54) is 26.4 Å². The van der Waals surface area contributed by atoms with Crippen LogP contribution in [0.5, 0.6) is 5.75 Å². The molecule has 0 radical (unpaired) electrons. The molecular formula is C32H34F3NO4. The Balaban J connectivity index is 1.94. The normalized spacial score (nSPS) is 11.7. The summed E-state index contributed by atoms with van der Waals surface area (Å²) in [5, 5.41) is 2.71. The van der Waals surface area contributed by atoms with Crippen LogP contribution in [0.3, 0.4) is 0 Å². The third kappa shape index (κ3) is 8.21. The van der Waals surface area contributed by atoms with Gasteiger partial charge in [0.25, 0.3) is 5.91 Å². The summed E-state index contributed by atoms with van der Waals surface area (Å²) in [4.78, 5) is 23.8. The molecule has 1 amide bonds. The minimum Gasteiger partial charge on any atom is -0.496 e. The van der Waals surface area contributed by atoms with Gasteiger partial charge in [-0.25, -0.2) is 0 Å². The average molecular weight is 554 g/mol. The maximum atomic E-state index is 13.1. The molecule has 0 saturated carbocycles. The third-order valence-electron chi connectivity index (χ3n) is 6.49. The predicted molar refractivity (Wildman–Crippen MR) is 150 cm³/mol. The van der Waals surface area contributed by atoms with E-state index >= 15 is 0 Å². The molecule has 0 heterocycles. The fourth-order valence-corrected chi connectivity index (χ4v) is 4.27. The number of hydrogen-bond acceptors (Lipinski definition) is 4. The van der Waals surface area contributed by atoms with Crippen molar-refractivity contribution >= 4 is 17.4 Å². The Kier molecular flexibility index (Phi) is 10.9. The van der Waals surface area contributed by atoms with E-state index in [1.54, 1.807) is 12.1 Å². The number of nitrogens with one attached hydrogen (secondary N) is 1. The summed E-state index contributed by atoms with van der Waals surface area (Å²) in [6, 6.07) is 17.9. The van der Waals surface area contributed by atoms with E-state index in [4.69, 9.17) is 4.74 Å². The third-order valence-corrected chi connectivity index (χ3v) is 6.49. The Bertz CT molecular complexity index is 1310. The van der Waals surface area contributed by atoms with E-state index in [1.807, 2.05) is 30.3 Å². The van der Waals surface area contributed by atoms with Crippen molar-refractivity contribution in [3.8, 4) is 16.9 Å². The molecule has 40 heavy (non-hydrogen) atoms. The predicted octanol–water partition coefficient (Wildman–Crippen LogP) is 7.69. The van der Waals surface area contributed by atoms with Crippen molar-refractivity contribution in [2.45, 2.75) is 45.2 Å². The lowest BCUT2D eigenvalue weighted by atomic mass is 9.92. The number of carbonyl (C=O) groups is 2. The molecule has 0 aliphatic heterocycles. The van der Waals surface area contributed by atoms with E-state index in [0.29, 0.717) is 22.4 Å². The van der Waals surface area contributed by atoms with Crippen LogP contribution >= 0.6 is 0 Å². The summed E-state index contributed by atoms with van der Waals surface area (Å²) in [7, 11) is 2.82. The van der Waals surface area contributed by atoms with Gasteiger partial charge in [-0.1, -0.05) is 56.2 Å². The van der Waals surface area contributed by atoms with Gasteiger partial charge < -0.3 is 14.8 Å². The first-order valence-electron chi connectivity index (χ1n) is 13.2. The quantitative estimate of drug-likeness (QED) is 0.185. The van der Waals surface area contributed by atoms with Gasteiger partial charge in [0.05, 0.1) is 26.2 Å². The first kappa shape index (κ1) is 30.5. The summed E-state index contributed by atoms with van der Waals surface area (Å²) in [5.41, 5.74) is 3.75. The highest BCUT2D eigenvalue weighted by molar-refractivity contribution is 5.95. The van der Waals surface area contributed by atoms with Crippen LogP contribution in [0.4, 0.5) is 13.2 Å². The highest BCUT2D eigenvalue weighted by atomic mass is 19.4. The monoisotopic (exact) mass is 553 g/mol. The highest BCUT2D eigenvalue weighted by Gasteiger charge is 2.30. The molecule has 0 aromatic heterocycles. The van der Waals surface area contributed by atoms with E-state index in [-0.39, 0.29) is 18.9 Å². The summed E-state index contributed by atoms with van der Waals surface area (Å²) in [6.45, 7) is 2.31. The van der Waals surface area contributed by atoms with Gasteiger partial charge in [0, 0.05) is 17.7 Å². The molecule has 3 rings (SSSR count). The van der Waals surface area contributed by atoms with Gasteiger partial charge in [-0.15, -0.1) is 0 Å². The van der Waals surface area contributed by atoms with Crippen LogP contribution in [-0.2, 0) is 15.7 Å². The number of amides is 1. The van der Waals surface area contributed by atoms with Crippen LogP contribution < -0.4 is 10.1 Å². The number of halogens is 3. The smallest absolute Gasteiger partial charge is 0.416 e. The zero-order valence-corrected chi connectivity index (χ0v) is 22.9. The van der Waals surface area contributed by atoms with Crippen molar-refractivity contribution in [2.75, 3.05) is 20.8 Å². The van der Waals surface area contributed by atoms with Gasteiger partial charge in [-0.3, -0.25) is 9.59 Å². The topological polar surface area (TPSA) is 64.6 Å². The summed E-state index contributed by atoms with van der Waals surface area (Å²) < 4.78 is 49.4. The number of esters is 1. The molecular weight excluding hydrogens is 519 g/mol. The van der Waals surface area contributed by atoms with Gasteiger partial charge in [-0.2, -0.15) is 13.2 Å². The molecule has 0 aliphatic rings. The fourth-order valence-electron chi connectivity index (χ4n) is 4.27. The molecule has 0 unspecified atom stereocenters. The van der Waals surface area contributed by atoms with Crippen LogP contribution in [0, 0.1) is 0 Å². The van der Waals surface area contributed by atoms with Crippen molar-refractivity contribution in [3.05, 3.63) is 95.1 Å². The SMILES string of the molecule is CCCCC/C=C(/c1ccc(C(=O)NCCC(=O)OC)cc1)c1ccc(OC)c(-c2ccc(C(F)(F)F)cc2)c1. The molecule has 3 aromatic carbocycles. The first-order chi connectivity index (χ1) is 19.2. The van der Waals surface area contributed by atoms with Crippen LogP contribution in [-0.4, -0.2) is 32.6 Å². The second kappa shape index (κ2) is 14.4. The van der Waals surface area contributed by atoms with Crippen molar-refractivity contribution < 1.29 is 32.2 Å². The van der Waals surface area contributed by atoms with Gasteiger partial charge >= 0.3 is 12.1 Å². The number of benzene rings is 3. The lowest BCUT2D eigenvalue weighted by molar-refractivity contribution is -0.140. The number of rotatable bonds is 12. The van der Waals surface area contributed by atoms with Gasteiger partial charge in [0.2, 0.25) is 0 Å². The average Bonchev–Trinajstić information content (AvgIpc) is 2.96. The molecule has 0 atom stereocenters. The van der Waals surface area contributed by atoms with Crippen molar-refractivity contribution in [1.29, 1.82) is 0 Å². The minimum atomic E-state index is -4.41. The molecule has 1 N–H and O–H groups in total. The molecule has 0 bridgehead atoms. The lowest BCUT2D eigenvalue weighted by Gasteiger charge is -2.15. The number of unbranched alkanes of at least 4 members (excludes halogenated alkanes) is 3. The molecule has 3 aromatic rings. The molecule has 5 nitrogen and oxygen atoms in total. The molecule has 0 aliphatic carbocycles. The number of allylic oxidation sites excluding steroid dienone is 1. The maximum absolute atomic E-state index is 13.1. The van der Waals surface area contributed by atoms with Gasteiger partial charge in [0.15, 0.2) is 0 Å². The van der Waals surface area contributed by atoms with E-state index < -0.39 is 17.7 Å². The van der Waals surface area contributed by atoms with E-state index in [0.717, 1.165) is 54.5 Å². The second-order valence-electron chi connectivity index (χ2n) is 9.26. The Morgan fingerprint density at radius 2 is 1.52 bits per heavy atom. The number of methoxy groups -OCH3 is 2. The zero-order valence-electron chi connectivity index (χ0n) is 22.9. The van der Waals surface area contributed by atoms with Gasteiger partial charge in [-0.05, 0) is 71.5 Å². The van der Waals surface area contributed by atoms with Crippen LogP contribution in [0.2, 0.25) is 0 Å². The zero-order chi connectivity index (χ0) is 29.1. The minimum absolute atomic E-state index is 0.0870. The number of ether oxygens (including phenoxy) is 2. The molecule has 0 fully saturated rings. The Labute approximate surface area is 233 Å². The molecule has 8 heteroatoms. The highest BCUT2D eigenvalue weighted by Crippen LogP contribution is 2.37. The summed E-state index contributed by atoms with van der Waals surface area (Å²) >= 11 is 0.